The molecule has 0 aliphatic heterocycles. The number of methoxy groups -OCH3 is 1. The average molecular weight is 558 g/mol. The molecule has 0 atom stereocenters. The fourth-order valence-electron chi connectivity index (χ4n) is 3.32. The third-order valence-corrected chi connectivity index (χ3v) is 7.41. The zero-order chi connectivity index (χ0) is 26.1. The Morgan fingerprint density at radius 3 is 2.53 bits per heavy atom. The summed E-state index contributed by atoms with van der Waals surface area (Å²) in [6.45, 7) is -0.154. The summed E-state index contributed by atoms with van der Waals surface area (Å²) >= 11 is 12.0. The smallest absolute Gasteiger partial charge is 0.416 e. The molecule has 14 heteroatoms. The molecule has 0 spiro atoms. The molecule has 0 saturated carbocycles. The molecule has 0 fully saturated rings. The molecule has 1 heterocycles. The lowest BCUT2D eigenvalue weighted by Gasteiger charge is -2.17. The molecule has 188 valence electrons. The Hall–Kier alpha value is -3.35. The fraction of sp³-hybridized carbons (Fsp3) is 0.136. The molecule has 4 aromatic rings. The Bertz CT molecular complexity index is 1530. The van der Waals surface area contributed by atoms with Crippen LogP contribution in [0.25, 0.3) is 11.4 Å². The number of rotatable bonds is 7. The molecule has 0 amide bonds. The number of anilines is 1. The van der Waals surface area contributed by atoms with Gasteiger partial charge in [0, 0.05) is 5.56 Å². The molecule has 1 N–H and O–H groups in total. The van der Waals surface area contributed by atoms with Crippen LogP contribution in [0.2, 0.25) is 10.0 Å². The Balaban J connectivity index is 1.76. The number of nitrogens with one attached hydrogen (secondary N) is 1. The highest BCUT2D eigenvalue weighted by Crippen LogP contribution is 2.35. The maximum atomic E-state index is 13.4. The van der Waals surface area contributed by atoms with Gasteiger partial charge in [-0.05, 0) is 52.4 Å². The van der Waals surface area contributed by atoms with E-state index in [1.165, 1.54) is 30.0 Å². The van der Waals surface area contributed by atoms with Gasteiger partial charge in [0.15, 0.2) is 5.82 Å². The quantitative estimate of drug-likeness (QED) is 0.321. The summed E-state index contributed by atoms with van der Waals surface area (Å²) < 4.78 is 75.2. The number of tetrazole rings is 1. The van der Waals surface area contributed by atoms with Gasteiger partial charge in [-0.25, -0.2) is 13.1 Å². The number of benzene rings is 3. The standard InChI is InChI=1S/C22H16Cl2F3N5O3S/c1-35-16-5-2-4-13(10-16)21-28-30-31-32(21)12-14-8-9-15(22(25,26)27)11-18(14)29-36(33,34)19-7-3-6-17(23)20(19)24/h2-11,29H,12H2,1H3. The minimum absolute atomic E-state index is 0.0274. The van der Waals surface area contributed by atoms with E-state index in [4.69, 9.17) is 27.9 Å². The van der Waals surface area contributed by atoms with Gasteiger partial charge in [0.25, 0.3) is 10.0 Å². The molecule has 4 rings (SSSR count). The number of alkyl halides is 3. The van der Waals surface area contributed by atoms with E-state index in [1.807, 2.05) is 0 Å². The minimum atomic E-state index is -4.72. The van der Waals surface area contributed by atoms with Crippen molar-refractivity contribution in [3.8, 4) is 17.1 Å². The molecule has 1 aromatic heterocycles. The third kappa shape index (κ3) is 5.40. The zero-order valence-corrected chi connectivity index (χ0v) is 20.6. The Morgan fingerprint density at radius 1 is 1.06 bits per heavy atom. The van der Waals surface area contributed by atoms with E-state index in [0.717, 1.165) is 12.1 Å². The van der Waals surface area contributed by atoms with Crippen LogP contribution >= 0.6 is 23.2 Å². The number of sulfonamides is 1. The molecule has 8 nitrogen and oxygen atoms in total. The van der Waals surface area contributed by atoms with E-state index in [2.05, 4.69) is 20.2 Å². The van der Waals surface area contributed by atoms with Crippen LogP contribution < -0.4 is 9.46 Å². The SMILES string of the molecule is COc1cccc(-c2nnnn2Cc2ccc(C(F)(F)F)cc2NS(=O)(=O)c2cccc(Cl)c2Cl)c1. The molecular weight excluding hydrogens is 542 g/mol. The number of nitrogens with zero attached hydrogens (tertiary/aromatic N) is 4. The van der Waals surface area contributed by atoms with Crippen molar-refractivity contribution in [1.29, 1.82) is 0 Å². The van der Waals surface area contributed by atoms with Gasteiger partial charge in [0.05, 0.1) is 35.0 Å². The summed E-state index contributed by atoms with van der Waals surface area (Å²) in [7, 11) is -2.92. The van der Waals surface area contributed by atoms with Gasteiger partial charge in [-0.15, -0.1) is 5.10 Å². The van der Waals surface area contributed by atoms with Crippen LogP contribution in [-0.4, -0.2) is 35.7 Å². The number of hydrogen-bond acceptors (Lipinski definition) is 6. The first kappa shape index (κ1) is 25.7. The van der Waals surface area contributed by atoms with Gasteiger partial charge < -0.3 is 4.74 Å². The van der Waals surface area contributed by atoms with E-state index < -0.39 is 21.8 Å². The second-order valence-electron chi connectivity index (χ2n) is 7.42. The van der Waals surface area contributed by atoms with Gasteiger partial charge in [-0.1, -0.05) is 47.5 Å². The lowest BCUT2D eigenvalue weighted by molar-refractivity contribution is -0.137. The van der Waals surface area contributed by atoms with Crippen molar-refractivity contribution in [3.05, 3.63) is 81.8 Å². The van der Waals surface area contributed by atoms with Crippen molar-refractivity contribution in [2.45, 2.75) is 17.6 Å². The number of aromatic nitrogens is 4. The molecule has 0 saturated heterocycles. The maximum absolute atomic E-state index is 13.4. The number of ether oxygens (including phenoxy) is 1. The van der Waals surface area contributed by atoms with Crippen LogP contribution in [0.1, 0.15) is 11.1 Å². The van der Waals surface area contributed by atoms with Gasteiger partial charge in [0.1, 0.15) is 10.6 Å². The summed E-state index contributed by atoms with van der Waals surface area (Å²) in [6, 6.07) is 13.5. The van der Waals surface area contributed by atoms with Gasteiger partial charge in [-0.3, -0.25) is 4.72 Å². The van der Waals surface area contributed by atoms with E-state index >= 15 is 0 Å². The average Bonchev–Trinajstić information content (AvgIpc) is 3.29. The molecule has 3 aromatic carbocycles. The monoisotopic (exact) mass is 557 g/mol. The molecule has 0 bridgehead atoms. The van der Waals surface area contributed by atoms with E-state index in [1.54, 1.807) is 24.3 Å². The Labute approximate surface area is 213 Å². The normalized spacial score (nSPS) is 11.9. The fourth-order valence-corrected chi connectivity index (χ4v) is 5.17. The Kier molecular flexibility index (Phi) is 7.12. The van der Waals surface area contributed by atoms with Gasteiger partial charge >= 0.3 is 6.18 Å². The molecule has 0 aliphatic rings. The van der Waals surface area contributed by atoms with Gasteiger partial charge in [-0.2, -0.15) is 13.2 Å². The Morgan fingerprint density at radius 2 is 1.81 bits per heavy atom. The first-order chi connectivity index (χ1) is 17.0. The second-order valence-corrected chi connectivity index (χ2v) is 9.86. The van der Waals surface area contributed by atoms with Crippen molar-refractivity contribution >= 4 is 38.9 Å². The summed E-state index contributed by atoms with van der Waals surface area (Å²) in [5.41, 5.74) is -0.626. The van der Waals surface area contributed by atoms with Crippen molar-refractivity contribution in [3.63, 3.8) is 0 Å². The van der Waals surface area contributed by atoms with Crippen molar-refractivity contribution in [2.75, 3.05) is 11.8 Å². The van der Waals surface area contributed by atoms with Crippen LogP contribution in [-0.2, 0) is 22.7 Å². The molecular formula is C22H16Cl2F3N5O3S. The number of hydrogen-bond donors (Lipinski definition) is 1. The van der Waals surface area contributed by atoms with Gasteiger partial charge in [0.2, 0.25) is 0 Å². The van der Waals surface area contributed by atoms with Crippen LogP contribution in [0, 0.1) is 0 Å². The van der Waals surface area contributed by atoms with Crippen LogP contribution in [0.15, 0.2) is 65.6 Å². The first-order valence-electron chi connectivity index (χ1n) is 10.1. The largest absolute Gasteiger partial charge is 0.497 e. The maximum Gasteiger partial charge on any atom is 0.416 e. The summed E-state index contributed by atoms with van der Waals surface area (Å²) in [5, 5.41) is 11.3. The van der Waals surface area contributed by atoms with Crippen LogP contribution in [0.5, 0.6) is 5.75 Å². The molecule has 0 unspecified atom stereocenters. The third-order valence-electron chi connectivity index (χ3n) is 5.07. The van der Waals surface area contributed by atoms with E-state index in [9.17, 15) is 21.6 Å². The predicted molar refractivity (Wildman–Crippen MR) is 128 cm³/mol. The van der Waals surface area contributed by atoms with Crippen molar-refractivity contribution in [2.24, 2.45) is 0 Å². The highest BCUT2D eigenvalue weighted by Gasteiger charge is 2.32. The van der Waals surface area contributed by atoms with E-state index in [-0.39, 0.29) is 32.7 Å². The minimum Gasteiger partial charge on any atom is -0.497 e. The zero-order valence-electron chi connectivity index (χ0n) is 18.3. The molecule has 0 aliphatic carbocycles. The lowest BCUT2D eigenvalue weighted by atomic mass is 10.1. The topological polar surface area (TPSA) is 99.0 Å². The second kappa shape index (κ2) is 9.96. The van der Waals surface area contributed by atoms with Crippen LogP contribution in [0.3, 0.4) is 0 Å². The summed E-state index contributed by atoms with van der Waals surface area (Å²) in [5.74, 6) is 0.837. The number of halogens is 5. The lowest BCUT2D eigenvalue weighted by Crippen LogP contribution is -2.17. The van der Waals surface area contributed by atoms with Crippen molar-refractivity contribution in [1.82, 2.24) is 20.2 Å². The first-order valence-corrected chi connectivity index (χ1v) is 12.3. The highest BCUT2D eigenvalue weighted by atomic mass is 35.5. The summed E-state index contributed by atoms with van der Waals surface area (Å²) in [6.07, 6.45) is -4.72. The highest BCUT2D eigenvalue weighted by molar-refractivity contribution is 7.92. The molecule has 0 radical (unpaired) electrons. The predicted octanol–water partition coefficient (Wildman–Crippen LogP) is 5.52. The van der Waals surface area contributed by atoms with Crippen LogP contribution in [0.4, 0.5) is 18.9 Å². The van der Waals surface area contributed by atoms with Crippen molar-refractivity contribution < 1.29 is 26.3 Å². The molecule has 36 heavy (non-hydrogen) atoms. The van der Waals surface area contributed by atoms with E-state index in [0.29, 0.717) is 23.2 Å². The summed E-state index contributed by atoms with van der Waals surface area (Å²) in [4.78, 5) is -0.389.